The van der Waals surface area contributed by atoms with Gasteiger partial charge >= 0.3 is 0 Å². The Morgan fingerprint density at radius 1 is 0.935 bits per heavy atom. The smallest absolute Gasteiger partial charge is 0.153 e. The fraction of sp³-hybridized carbons (Fsp3) is 0.148. The van der Waals surface area contributed by atoms with Crippen molar-refractivity contribution in [3.05, 3.63) is 95.5 Å². The number of para-hydroxylation sites is 1. The number of aromatic nitrogens is 2. The normalized spacial score (nSPS) is 15.8. The molecule has 0 spiro atoms. The summed E-state index contributed by atoms with van der Waals surface area (Å²) in [4.78, 5) is 5.12. The summed E-state index contributed by atoms with van der Waals surface area (Å²) >= 11 is 0. The third kappa shape index (κ3) is 2.83. The van der Waals surface area contributed by atoms with Crippen molar-refractivity contribution < 1.29 is 9.47 Å². The summed E-state index contributed by atoms with van der Waals surface area (Å²) in [6.07, 6.45) is 3.95. The molecule has 2 aromatic heterocycles. The Labute approximate surface area is 180 Å². The molecule has 152 valence electrons. The maximum absolute atomic E-state index is 6.48. The second-order valence-electron chi connectivity index (χ2n) is 8.08. The average molecular weight is 406 g/mol. The summed E-state index contributed by atoms with van der Waals surface area (Å²) in [6.45, 7) is 0.413. The largest absolute Gasteiger partial charge is 0.483 e. The molecular formula is C27H22N2O2. The van der Waals surface area contributed by atoms with Gasteiger partial charge in [0.25, 0.3) is 0 Å². The molecule has 0 N–H and O–H groups in total. The first kappa shape index (κ1) is 18.2. The van der Waals surface area contributed by atoms with Crippen LogP contribution in [0.1, 0.15) is 22.9 Å². The minimum absolute atomic E-state index is 0.236. The number of pyridine rings is 1. The predicted molar refractivity (Wildman–Crippen MR) is 125 cm³/mol. The van der Waals surface area contributed by atoms with Gasteiger partial charge in [-0.2, -0.15) is 0 Å². The van der Waals surface area contributed by atoms with Gasteiger partial charge in [0.2, 0.25) is 0 Å². The molecule has 0 amide bonds. The Morgan fingerprint density at radius 2 is 1.71 bits per heavy atom. The lowest BCUT2D eigenvalue weighted by Crippen LogP contribution is -2.15. The maximum atomic E-state index is 6.48. The molecule has 1 aliphatic rings. The number of benzene rings is 3. The molecule has 0 aliphatic carbocycles. The summed E-state index contributed by atoms with van der Waals surface area (Å²) in [5, 5.41) is 4.67. The molecule has 0 radical (unpaired) electrons. The van der Waals surface area contributed by atoms with Crippen molar-refractivity contribution >= 4 is 38.7 Å². The van der Waals surface area contributed by atoms with Gasteiger partial charge in [-0.05, 0) is 17.5 Å². The molecule has 0 fully saturated rings. The van der Waals surface area contributed by atoms with E-state index in [1.54, 1.807) is 7.11 Å². The number of methoxy groups -OCH3 is 1. The molecular weight excluding hydrogens is 384 g/mol. The molecule has 4 heteroatoms. The van der Waals surface area contributed by atoms with E-state index in [1.165, 1.54) is 16.3 Å². The van der Waals surface area contributed by atoms with Gasteiger partial charge in [0.1, 0.15) is 12.4 Å². The lowest BCUT2D eigenvalue weighted by Gasteiger charge is -2.27. The summed E-state index contributed by atoms with van der Waals surface area (Å²) in [6, 6.07) is 23.4. The molecule has 3 heterocycles. The number of hydrogen-bond donors (Lipinski definition) is 0. The van der Waals surface area contributed by atoms with Crippen LogP contribution in [0.2, 0.25) is 0 Å². The van der Waals surface area contributed by atoms with Gasteiger partial charge in [-0.1, -0.05) is 54.6 Å². The molecule has 1 unspecified atom stereocenters. The van der Waals surface area contributed by atoms with Crippen LogP contribution < -0.4 is 0 Å². The van der Waals surface area contributed by atoms with Crippen molar-refractivity contribution in [1.82, 2.24) is 9.55 Å². The number of fused-ring (bicyclic) bond motifs is 5. The van der Waals surface area contributed by atoms with E-state index < -0.39 is 0 Å². The van der Waals surface area contributed by atoms with Crippen LogP contribution in [0.3, 0.4) is 0 Å². The summed E-state index contributed by atoms with van der Waals surface area (Å²) < 4.78 is 14.0. The molecule has 4 nitrogen and oxygen atoms in total. The third-order valence-corrected chi connectivity index (χ3v) is 6.12. The Balaban J connectivity index is 1.62. The molecule has 0 bridgehead atoms. The van der Waals surface area contributed by atoms with E-state index in [4.69, 9.17) is 14.5 Å². The van der Waals surface area contributed by atoms with Gasteiger partial charge in [-0.3, -0.25) is 0 Å². The number of ether oxygens (including phenoxy) is 2. The highest BCUT2D eigenvalue weighted by Crippen LogP contribution is 2.40. The fourth-order valence-corrected chi connectivity index (χ4v) is 4.70. The lowest BCUT2D eigenvalue weighted by atomic mass is 9.94. The molecule has 1 atom stereocenters. The molecule has 6 rings (SSSR count). The van der Waals surface area contributed by atoms with Gasteiger partial charge in [-0.15, -0.1) is 0 Å². The van der Waals surface area contributed by atoms with Crippen LogP contribution in [0.25, 0.3) is 38.7 Å². The molecule has 3 aromatic carbocycles. The summed E-state index contributed by atoms with van der Waals surface area (Å²) in [5.74, 6) is 0.792. The van der Waals surface area contributed by atoms with Crippen molar-refractivity contribution in [3.8, 4) is 0 Å². The number of hydrogen-bond acceptors (Lipinski definition) is 3. The zero-order valence-corrected chi connectivity index (χ0v) is 17.5. The molecule has 1 aliphatic heterocycles. The highest BCUT2D eigenvalue weighted by atomic mass is 16.5. The van der Waals surface area contributed by atoms with Gasteiger partial charge < -0.3 is 14.0 Å². The van der Waals surface area contributed by atoms with Crippen LogP contribution in [-0.4, -0.2) is 23.3 Å². The van der Waals surface area contributed by atoms with E-state index in [1.807, 2.05) is 6.08 Å². The summed E-state index contributed by atoms with van der Waals surface area (Å²) in [7, 11) is 3.76. The van der Waals surface area contributed by atoms with E-state index in [0.29, 0.717) is 6.61 Å². The third-order valence-electron chi connectivity index (χ3n) is 6.12. The van der Waals surface area contributed by atoms with Crippen molar-refractivity contribution in [1.29, 1.82) is 0 Å². The minimum Gasteiger partial charge on any atom is -0.483 e. The van der Waals surface area contributed by atoms with E-state index in [2.05, 4.69) is 84.5 Å². The average Bonchev–Trinajstić information content (AvgIpc) is 3.14. The number of rotatable bonds is 3. The molecule has 0 saturated carbocycles. The zero-order chi connectivity index (χ0) is 20.9. The topological polar surface area (TPSA) is 36.3 Å². The van der Waals surface area contributed by atoms with Gasteiger partial charge in [0, 0.05) is 59.2 Å². The molecule has 31 heavy (non-hydrogen) atoms. The second-order valence-corrected chi connectivity index (χ2v) is 8.08. The fourth-order valence-electron chi connectivity index (χ4n) is 4.70. The van der Waals surface area contributed by atoms with Crippen LogP contribution >= 0.6 is 0 Å². The standard InChI is InChI=1S/C27H22N2O2/c1-29-15-23(21-9-5-6-10-25(21)29)27-22-13-18-12-11-17-7-3-4-8-20(17)26(18)28-24(22)14-19(31-27)16-30-2/h3-15,27H,16H2,1-2H3. The minimum atomic E-state index is -0.236. The van der Waals surface area contributed by atoms with E-state index in [0.717, 1.165) is 38.9 Å². The lowest BCUT2D eigenvalue weighted by molar-refractivity contribution is 0.0958. The van der Waals surface area contributed by atoms with Crippen molar-refractivity contribution in [2.45, 2.75) is 6.10 Å². The first-order chi connectivity index (χ1) is 15.2. The SMILES string of the molecule is COCC1=Cc2nc3c(ccc4ccccc43)cc2C(c2cn(C)c3ccccc23)O1. The molecule has 5 aromatic rings. The van der Waals surface area contributed by atoms with Gasteiger partial charge in [0.05, 0.1) is 11.2 Å². The maximum Gasteiger partial charge on any atom is 0.153 e. The highest BCUT2D eigenvalue weighted by Gasteiger charge is 2.28. The number of aryl methyl sites for hydroxylation is 1. The van der Waals surface area contributed by atoms with Crippen LogP contribution in [0.5, 0.6) is 0 Å². The Hall–Kier alpha value is -3.63. The Bertz CT molecular complexity index is 1500. The van der Waals surface area contributed by atoms with Crippen molar-refractivity contribution in [3.63, 3.8) is 0 Å². The Kier molecular flexibility index (Phi) is 4.08. The quantitative estimate of drug-likeness (QED) is 0.346. The highest BCUT2D eigenvalue weighted by molar-refractivity contribution is 6.05. The summed E-state index contributed by atoms with van der Waals surface area (Å²) in [5.41, 5.74) is 5.37. The van der Waals surface area contributed by atoms with Crippen LogP contribution in [0, 0.1) is 0 Å². The Morgan fingerprint density at radius 3 is 2.58 bits per heavy atom. The van der Waals surface area contributed by atoms with Crippen LogP contribution in [0.15, 0.2) is 78.7 Å². The monoisotopic (exact) mass is 406 g/mol. The van der Waals surface area contributed by atoms with E-state index in [9.17, 15) is 0 Å². The zero-order valence-electron chi connectivity index (χ0n) is 17.5. The first-order valence-corrected chi connectivity index (χ1v) is 10.5. The van der Waals surface area contributed by atoms with Crippen molar-refractivity contribution in [2.75, 3.05) is 13.7 Å². The van der Waals surface area contributed by atoms with Gasteiger partial charge in [0.15, 0.2) is 6.10 Å². The molecule has 0 saturated heterocycles. The van der Waals surface area contributed by atoms with Crippen molar-refractivity contribution in [2.24, 2.45) is 7.05 Å². The van der Waals surface area contributed by atoms with Crippen LogP contribution in [-0.2, 0) is 16.5 Å². The van der Waals surface area contributed by atoms with Crippen LogP contribution in [0.4, 0.5) is 0 Å². The van der Waals surface area contributed by atoms with E-state index >= 15 is 0 Å². The number of nitrogens with zero attached hydrogens (tertiary/aromatic N) is 2. The van der Waals surface area contributed by atoms with E-state index in [-0.39, 0.29) is 6.10 Å². The first-order valence-electron chi connectivity index (χ1n) is 10.5. The van der Waals surface area contributed by atoms with Gasteiger partial charge in [-0.25, -0.2) is 4.98 Å². The predicted octanol–water partition coefficient (Wildman–Crippen LogP) is 5.99. The second kappa shape index (κ2) is 6.96.